The van der Waals surface area contributed by atoms with Crippen LogP contribution in [-0.2, 0) is 9.59 Å². The molecule has 0 bridgehead atoms. The minimum atomic E-state index is -1.11. The molecule has 1 atom stereocenters. The van der Waals surface area contributed by atoms with E-state index < -0.39 is 17.9 Å². The molecule has 0 aliphatic heterocycles. The third-order valence-electron chi connectivity index (χ3n) is 2.58. The zero-order chi connectivity index (χ0) is 14.3. The van der Waals surface area contributed by atoms with Crippen LogP contribution in [0, 0.1) is 0 Å². The van der Waals surface area contributed by atoms with Gasteiger partial charge in [-0.05, 0) is 6.42 Å². The Morgan fingerprint density at radius 3 is 2.37 bits per heavy atom. The molecular formula is C13H16N2O4. The second kappa shape index (κ2) is 7.27. The Kier molecular flexibility index (Phi) is 5.69. The predicted molar refractivity (Wildman–Crippen MR) is 68.6 cm³/mol. The molecule has 102 valence electrons. The van der Waals surface area contributed by atoms with E-state index >= 15 is 0 Å². The van der Waals surface area contributed by atoms with E-state index in [-0.39, 0.29) is 25.2 Å². The van der Waals surface area contributed by atoms with Gasteiger partial charge in [-0.15, -0.1) is 0 Å². The van der Waals surface area contributed by atoms with E-state index in [2.05, 4.69) is 5.32 Å². The van der Waals surface area contributed by atoms with Crippen LogP contribution in [0.2, 0.25) is 0 Å². The first-order chi connectivity index (χ1) is 9.00. The highest BCUT2D eigenvalue weighted by atomic mass is 16.4. The molecule has 0 fully saturated rings. The first-order valence-corrected chi connectivity index (χ1v) is 5.83. The molecule has 0 aliphatic rings. The molecule has 0 aromatic heterocycles. The van der Waals surface area contributed by atoms with E-state index in [4.69, 9.17) is 10.8 Å². The zero-order valence-corrected chi connectivity index (χ0v) is 10.3. The molecule has 1 aromatic rings. The molecule has 19 heavy (non-hydrogen) atoms. The van der Waals surface area contributed by atoms with Crippen molar-refractivity contribution in [3.8, 4) is 0 Å². The third-order valence-corrected chi connectivity index (χ3v) is 2.58. The normalized spacial score (nSPS) is 11.8. The van der Waals surface area contributed by atoms with Crippen molar-refractivity contribution in [2.24, 2.45) is 5.73 Å². The van der Waals surface area contributed by atoms with Gasteiger partial charge in [-0.3, -0.25) is 19.7 Å². The molecule has 6 nitrogen and oxygen atoms in total. The fourth-order valence-corrected chi connectivity index (χ4v) is 1.54. The lowest BCUT2D eigenvalue weighted by Gasteiger charge is -2.12. The average Bonchev–Trinajstić information content (AvgIpc) is 2.38. The van der Waals surface area contributed by atoms with Crippen molar-refractivity contribution >= 4 is 17.7 Å². The fraction of sp³-hybridized carbons (Fsp3) is 0.308. The van der Waals surface area contributed by atoms with Crippen LogP contribution < -0.4 is 11.1 Å². The number of carbonyl (C=O) groups is 3. The van der Waals surface area contributed by atoms with Gasteiger partial charge in [-0.25, -0.2) is 0 Å². The van der Waals surface area contributed by atoms with E-state index in [0.29, 0.717) is 5.56 Å². The molecule has 6 heteroatoms. The van der Waals surface area contributed by atoms with Gasteiger partial charge >= 0.3 is 5.97 Å². The Balaban J connectivity index is 2.50. The summed E-state index contributed by atoms with van der Waals surface area (Å²) < 4.78 is 0. The molecule has 1 aromatic carbocycles. The molecule has 0 aliphatic carbocycles. The van der Waals surface area contributed by atoms with E-state index in [9.17, 15) is 14.4 Å². The van der Waals surface area contributed by atoms with Crippen LogP contribution in [0.1, 0.15) is 23.2 Å². The van der Waals surface area contributed by atoms with Crippen LogP contribution in [0.15, 0.2) is 30.3 Å². The number of Topliss-reactive ketones (excluding diaryl/α,β-unsaturated/α-hetero) is 1. The zero-order valence-electron chi connectivity index (χ0n) is 10.3. The van der Waals surface area contributed by atoms with Crippen LogP contribution >= 0.6 is 0 Å². The van der Waals surface area contributed by atoms with Gasteiger partial charge in [0.25, 0.3) is 0 Å². The molecule has 4 N–H and O–H groups in total. The number of aliphatic carboxylic acids is 1. The Bertz CT molecular complexity index is 459. The summed E-state index contributed by atoms with van der Waals surface area (Å²) in [5.74, 6) is -1.88. The first kappa shape index (κ1) is 14.8. The van der Waals surface area contributed by atoms with E-state index in [1.807, 2.05) is 0 Å². The van der Waals surface area contributed by atoms with Gasteiger partial charge in [0.2, 0.25) is 5.91 Å². The lowest BCUT2D eigenvalue weighted by molar-refractivity contribution is -0.139. The van der Waals surface area contributed by atoms with Crippen molar-refractivity contribution in [2.75, 3.05) is 6.54 Å². The van der Waals surface area contributed by atoms with Crippen LogP contribution in [0.25, 0.3) is 0 Å². The molecule has 1 unspecified atom stereocenters. The Morgan fingerprint density at radius 2 is 1.84 bits per heavy atom. The van der Waals surface area contributed by atoms with Gasteiger partial charge in [0.1, 0.15) is 6.04 Å². The summed E-state index contributed by atoms with van der Waals surface area (Å²) in [5.41, 5.74) is 5.47. The van der Waals surface area contributed by atoms with Crippen LogP contribution in [0.4, 0.5) is 0 Å². The van der Waals surface area contributed by atoms with Crippen LogP contribution in [0.3, 0.4) is 0 Å². The van der Waals surface area contributed by atoms with Gasteiger partial charge < -0.3 is 10.8 Å². The van der Waals surface area contributed by atoms with Gasteiger partial charge in [-0.2, -0.15) is 0 Å². The summed E-state index contributed by atoms with van der Waals surface area (Å²) >= 11 is 0. The van der Waals surface area contributed by atoms with Crippen molar-refractivity contribution in [1.82, 2.24) is 5.32 Å². The molecule has 0 heterocycles. The monoisotopic (exact) mass is 264 g/mol. The van der Waals surface area contributed by atoms with E-state index in [1.165, 1.54) is 0 Å². The highest BCUT2D eigenvalue weighted by Crippen LogP contribution is 2.01. The number of carbonyl (C=O) groups excluding carboxylic acids is 2. The van der Waals surface area contributed by atoms with Crippen molar-refractivity contribution in [3.63, 3.8) is 0 Å². The number of primary amides is 1. The smallest absolute Gasteiger partial charge is 0.320 e. The maximum atomic E-state index is 11.8. The van der Waals surface area contributed by atoms with Gasteiger partial charge in [-0.1, -0.05) is 30.3 Å². The fourth-order valence-electron chi connectivity index (χ4n) is 1.54. The lowest BCUT2D eigenvalue weighted by atomic mass is 10.1. The number of benzene rings is 1. The third kappa shape index (κ3) is 5.31. The molecule has 1 rings (SSSR count). The standard InChI is InChI=1S/C13H16N2O4/c14-12(17)7-6-10(13(18)19)15-8-11(16)9-4-2-1-3-5-9/h1-5,10,15H,6-8H2,(H2,14,17)(H,18,19). The number of hydrogen-bond acceptors (Lipinski definition) is 4. The lowest BCUT2D eigenvalue weighted by Crippen LogP contribution is -2.40. The molecule has 0 saturated carbocycles. The number of carboxylic acids is 1. The minimum absolute atomic E-state index is 0.0382. The van der Waals surface area contributed by atoms with Crippen LogP contribution in [-0.4, -0.2) is 35.4 Å². The quantitative estimate of drug-likeness (QED) is 0.580. The summed E-state index contributed by atoms with van der Waals surface area (Å²) in [5, 5.41) is 11.6. The summed E-state index contributed by atoms with van der Waals surface area (Å²) in [6, 6.07) is 7.60. The first-order valence-electron chi connectivity index (χ1n) is 5.83. The number of ketones is 1. The Hall–Kier alpha value is -2.21. The van der Waals surface area contributed by atoms with Crippen molar-refractivity contribution in [1.29, 1.82) is 0 Å². The Morgan fingerprint density at radius 1 is 1.21 bits per heavy atom. The summed E-state index contributed by atoms with van der Waals surface area (Å²) in [4.78, 5) is 33.3. The SMILES string of the molecule is NC(=O)CCC(NCC(=O)c1ccccc1)C(=O)O. The predicted octanol–water partition coefficient (Wildman–Crippen LogP) is 0.178. The number of rotatable bonds is 8. The van der Waals surface area contributed by atoms with Gasteiger partial charge in [0.15, 0.2) is 5.78 Å². The number of nitrogens with two attached hydrogens (primary N) is 1. The van der Waals surface area contributed by atoms with Crippen molar-refractivity contribution in [2.45, 2.75) is 18.9 Å². The summed E-state index contributed by atoms with van der Waals surface area (Å²) in [6.07, 6.45) is 0.0240. The van der Waals surface area contributed by atoms with Crippen molar-refractivity contribution < 1.29 is 19.5 Å². The summed E-state index contributed by atoms with van der Waals surface area (Å²) in [6.45, 7) is -0.0975. The molecule has 1 amide bonds. The Labute approximate surface area is 110 Å². The van der Waals surface area contributed by atoms with E-state index in [0.717, 1.165) is 0 Å². The van der Waals surface area contributed by atoms with Gasteiger partial charge in [0, 0.05) is 12.0 Å². The number of amides is 1. The molecule has 0 radical (unpaired) electrons. The molecule has 0 saturated heterocycles. The molecular weight excluding hydrogens is 248 g/mol. The largest absolute Gasteiger partial charge is 0.480 e. The molecule has 0 spiro atoms. The maximum Gasteiger partial charge on any atom is 0.320 e. The minimum Gasteiger partial charge on any atom is -0.480 e. The number of hydrogen-bond donors (Lipinski definition) is 3. The topological polar surface area (TPSA) is 109 Å². The highest BCUT2D eigenvalue weighted by molar-refractivity contribution is 5.97. The van der Waals surface area contributed by atoms with E-state index in [1.54, 1.807) is 30.3 Å². The maximum absolute atomic E-state index is 11.8. The number of carboxylic acid groups (broad SMARTS) is 1. The second-order valence-corrected chi connectivity index (χ2v) is 4.07. The van der Waals surface area contributed by atoms with Crippen molar-refractivity contribution in [3.05, 3.63) is 35.9 Å². The average molecular weight is 264 g/mol. The van der Waals surface area contributed by atoms with Gasteiger partial charge in [0.05, 0.1) is 6.54 Å². The summed E-state index contributed by atoms with van der Waals surface area (Å²) in [7, 11) is 0. The highest BCUT2D eigenvalue weighted by Gasteiger charge is 2.18. The number of nitrogens with one attached hydrogen (secondary N) is 1. The second-order valence-electron chi connectivity index (χ2n) is 4.07. The van der Waals surface area contributed by atoms with Crippen LogP contribution in [0.5, 0.6) is 0 Å².